The second kappa shape index (κ2) is 10.5. The molecule has 1 saturated heterocycles. The second-order valence-electron chi connectivity index (χ2n) is 9.84. The largest absolute Gasteiger partial charge is 0.386 e. The van der Waals surface area contributed by atoms with Crippen molar-refractivity contribution in [2.24, 2.45) is 0 Å². The maximum absolute atomic E-state index is 13.3. The van der Waals surface area contributed by atoms with Gasteiger partial charge in [-0.2, -0.15) is 0 Å². The molecule has 8 nitrogen and oxygen atoms in total. The van der Waals surface area contributed by atoms with E-state index in [9.17, 15) is 9.90 Å². The Bertz CT molecular complexity index is 1390. The Morgan fingerprint density at radius 3 is 2.84 bits per heavy atom. The molecule has 1 aromatic carbocycles. The van der Waals surface area contributed by atoms with Crippen molar-refractivity contribution < 1.29 is 9.90 Å². The number of rotatable bonds is 7. The maximum Gasteiger partial charge on any atom is 0.253 e. The molecule has 1 fully saturated rings. The molecule has 3 aromatic heterocycles. The minimum Gasteiger partial charge on any atom is -0.386 e. The van der Waals surface area contributed by atoms with Crippen LogP contribution in [0.25, 0.3) is 10.9 Å². The van der Waals surface area contributed by atoms with E-state index in [-0.39, 0.29) is 12.5 Å². The number of hydrogen-bond donors (Lipinski definition) is 2. The van der Waals surface area contributed by atoms with Crippen LogP contribution in [0.15, 0.2) is 73.3 Å². The number of piperidine rings is 1. The van der Waals surface area contributed by atoms with Gasteiger partial charge in [-0.1, -0.05) is 6.07 Å². The number of aliphatic hydroxyl groups is 1. The third kappa shape index (κ3) is 5.54. The first-order valence-electron chi connectivity index (χ1n) is 12.6. The molecule has 190 valence electrons. The van der Waals surface area contributed by atoms with Gasteiger partial charge in [-0.3, -0.25) is 19.7 Å². The van der Waals surface area contributed by atoms with Crippen molar-refractivity contribution in [2.45, 2.75) is 31.9 Å². The maximum atomic E-state index is 13.3. The number of carbonyl (C=O) groups excluding carboxylic acids is 1. The lowest BCUT2D eigenvalue weighted by Crippen LogP contribution is -2.54. The number of nitrogens with zero attached hydrogens (tertiary/aromatic N) is 5. The average molecular weight is 497 g/mol. The van der Waals surface area contributed by atoms with Gasteiger partial charge in [0.15, 0.2) is 0 Å². The fourth-order valence-electron chi connectivity index (χ4n) is 5.11. The SMILES string of the molecule is Cc1cc(C(=O)N(C)C[C@@]2(O)CCCN(c3ccnc4ccncc34)C2)ccc1NCc1ccccn1. The van der Waals surface area contributed by atoms with Crippen LogP contribution in [0.3, 0.4) is 0 Å². The Morgan fingerprint density at radius 2 is 2.03 bits per heavy atom. The third-order valence-electron chi connectivity index (χ3n) is 6.95. The standard InChI is InChI=1S/C29H32N6O2/c1-21-16-22(7-8-25(21)33-17-23-6-3-4-12-31-23)28(36)34(2)19-29(37)11-5-15-35(20-29)27-10-14-32-26-9-13-30-18-24(26)27/h3-4,6-10,12-14,16,18,33,37H,5,11,15,17,19-20H2,1-2H3/t29-/m0/s1. The molecule has 1 amide bonds. The third-order valence-corrected chi connectivity index (χ3v) is 6.95. The number of amides is 1. The number of β-amino-alcohol motifs (C(OH)–C–C–N with tert-alkyl or cyclic N) is 1. The number of anilines is 2. The minimum atomic E-state index is -1.01. The Morgan fingerprint density at radius 1 is 1.14 bits per heavy atom. The number of nitrogens with one attached hydrogen (secondary N) is 1. The highest BCUT2D eigenvalue weighted by molar-refractivity contribution is 5.95. The Balaban J connectivity index is 1.25. The summed E-state index contributed by atoms with van der Waals surface area (Å²) in [5, 5.41) is 15.9. The Kier molecular flexibility index (Phi) is 7.01. The highest BCUT2D eigenvalue weighted by atomic mass is 16.3. The van der Waals surface area contributed by atoms with Crippen molar-refractivity contribution in [3.05, 3.63) is 90.1 Å². The van der Waals surface area contributed by atoms with E-state index in [4.69, 9.17) is 0 Å². The van der Waals surface area contributed by atoms with Gasteiger partial charge in [0, 0.05) is 67.2 Å². The number of likely N-dealkylation sites (N-methyl/N-ethyl adjacent to an activating group) is 1. The van der Waals surface area contributed by atoms with E-state index in [1.807, 2.05) is 61.7 Å². The first-order chi connectivity index (χ1) is 17.9. The number of aromatic nitrogens is 3. The summed E-state index contributed by atoms with van der Waals surface area (Å²) in [5.74, 6) is -0.108. The normalized spacial score (nSPS) is 17.5. The predicted octanol–water partition coefficient (Wildman–Crippen LogP) is 4.05. The van der Waals surface area contributed by atoms with Crippen molar-refractivity contribution in [3.63, 3.8) is 0 Å². The van der Waals surface area contributed by atoms with E-state index in [0.29, 0.717) is 25.1 Å². The van der Waals surface area contributed by atoms with Crippen LogP contribution in [0.5, 0.6) is 0 Å². The quantitative estimate of drug-likeness (QED) is 0.399. The molecule has 0 saturated carbocycles. The summed E-state index contributed by atoms with van der Waals surface area (Å²) < 4.78 is 0. The number of carbonyl (C=O) groups is 1. The molecular weight excluding hydrogens is 464 g/mol. The van der Waals surface area contributed by atoms with E-state index in [0.717, 1.165) is 46.5 Å². The predicted molar refractivity (Wildman–Crippen MR) is 146 cm³/mol. The van der Waals surface area contributed by atoms with Gasteiger partial charge in [-0.25, -0.2) is 0 Å². The molecule has 1 aliphatic rings. The molecule has 1 aliphatic heterocycles. The molecule has 0 aliphatic carbocycles. The summed E-state index contributed by atoms with van der Waals surface area (Å²) >= 11 is 0. The summed E-state index contributed by atoms with van der Waals surface area (Å²) in [5.41, 5.74) is 4.37. The van der Waals surface area contributed by atoms with Crippen molar-refractivity contribution in [2.75, 3.05) is 36.9 Å². The minimum absolute atomic E-state index is 0.108. The van der Waals surface area contributed by atoms with Crippen molar-refractivity contribution in [1.82, 2.24) is 19.9 Å². The van der Waals surface area contributed by atoms with E-state index < -0.39 is 5.60 Å². The van der Waals surface area contributed by atoms with E-state index >= 15 is 0 Å². The molecule has 4 aromatic rings. The molecule has 37 heavy (non-hydrogen) atoms. The molecule has 5 rings (SSSR count). The van der Waals surface area contributed by atoms with Gasteiger partial charge in [0.1, 0.15) is 0 Å². The summed E-state index contributed by atoms with van der Waals surface area (Å²) in [6, 6.07) is 15.3. The van der Waals surface area contributed by atoms with Crippen molar-refractivity contribution in [3.8, 4) is 0 Å². The number of benzene rings is 1. The van der Waals surface area contributed by atoms with Crippen LogP contribution in [-0.2, 0) is 6.54 Å². The number of hydrogen-bond acceptors (Lipinski definition) is 7. The molecule has 0 unspecified atom stereocenters. The van der Waals surface area contributed by atoms with E-state index in [2.05, 4.69) is 25.2 Å². The summed E-state index contributed by atoms with van der Waals surface area (Å²) in [7, 11) is 1.76. The zero-order valence-corrected chi connectivity index (χ0v) is 21.3. The van der Waals surface area contributed by atoms with Gasteiger partial charge >= 0.3 is 0 Å². The zero-order chi connectivity index (χ0) is 25.8. The zero-order valence-electron chi connectivity index (χ0n) is 21.3. The highest BCUT2D eigenvalue weighted by Gasteiger charge is 2.36. The van der Waals surface area contributed by atoms with Crippen LogP contribution < -0.4 is 10.2 Å². The second-order valence-corrected chi connectivity index (χ2v) is 9.84. The molecule has 4 heterocycles. The molecule has 1 atom stereocenters. The molecule has 2 N–H and O–H groups in total. The topological polar surface area (TPSA) is 94.5 Å². The van der Waals surface area contributed by atoms with E-state index in [1.165, 1.54) is 0 Å². The van der Waals surface area contributed by atoms with Gasteiger partial charge < -0.3 is 20.2 Å². The fraction of sp³-hybridized carbons (Fsp3) is 0.310. The number of pyridine rings is 3. The van der Waals surface area contributed by atoms with E-state index in [1.54, 1.807) is 30.5 Å². The first kappa shape index (κ1) is 24.6. The van der Waals surface area contributed by atoms with Crippen molar-refractivity contribution in [1.29, 1.82) is 0 Å². The molecule has 0 spiro atoms. The first-order valence-corrected chi connectivity index (χ1v) is 12.6. The van der Waals surface area contributed by atoms with Crippen molar-refractivity contribution >= 4 is 28.2 Å². The van der Waals surface area contributed by atoms with Crippen LogP contribution in [-0.4, -0.2) is 63.1 Å². The van der Waals surface area contributed by atoms with Crippen LogP contribution in [0.4, 0.5) is 11.4 Å². The lowest BCUT2D eigenvalue weighted by Gasteiger charge is -2.42. The summed E-state index contributed by atoms with van der Waals surface area (Å²) in [6.07, 6.45) is 8.58. The molecule has 0 radical (unpaired) electrons. The van der Waals surface area contributed by atoms with Gasteiger partial charge in [-0.15, -0.1) is 0 Å². The van der Waals surface area contributed by atoms with Crippen LogP contribution in [0.1, 0.15) is 34.5 Å². The average Bonchev–Trinajstić information content (AvgIpc) is 2.92. The summed E-state index contributed by atoms with van der Waals surface area (Å²) in [4.78, 5) is 30.1. The Hall–Kier alpha value is -4.04. The van der Waals surface area contributed by atoms with Gasteiger partial charge in [-0.05, 0) is 67.8 Å². The summed E-state index contributed by atoms with van der Waals surface area (Å²) in [6.45, 7) is 4.12. The molecule has 0 bridgehead atoms. The lowest BCUT2D eigenvalue weighted by atomic mass is 9.91. The monoisotopic (exact) mass is 496 g/mol. The molecular formula is C29H32N6O2. The van der Waals surface area contributed by atoms with Crippen LogP contribution in [0, 0.1) is 6.92 Å². The van der Waals surface area contributed by atoms with Gasteiger partial charge in [0.25, 0.3) is 5.91 Å². The lowest BCUT2D eigenvalue weighted by molar-refractivity contribution is 0.0000675. The number of fused-ring (bicyclic) bond motifs is 1. The Labute approximate surface area is 217 Å². The number of aryl methyl sites for hydroxylation is 1. The van der Waals surface area contributed by atoms with Crippen LogP contribution in [0.2, 0.25) is 0 Å². The van der Waals surface area contributed by atoms with Gasteiger partial charge in [0.2, 0.25) is 0 Å². The molecule has 8 heteroatoms. The smallest absolute Gasteiger partial charge is 0.253 e. The van der Waals surface area contributed by atoms with Gasteiger partial charge in [0.05, 0.1) is 29.9 Å². The fourth-order valence-corrected chi connectivity index (χ4v) is 5.11. The highest BCUT2D eigenvalue weighted by Crippen LogP contribution is 2.31. The van der Waals surface area contributed by atoms with Crippen LogP contribution >= 0.6 is 0 Å².